The lowest BCUT2D eigenvalue weighted by molar-refractivity contribution is 0.101. The Labute approximate surface area is 181 Å². The van der Waals surface area contributed by atoms with Crippen LogP contribution in [0.2, 0.25) is 5.02 Å². The monoisotopic (exact) mass is 437 g/mol. The van der Waals surface area contributed by atoms with Gasteiger partial charge in [0, 0.05) is 17.3 Å². The summed E-state index contributed by atoms with van der Waals surface area (Å²) in [5, 5.41) is 7.46. The number of aromatic nitrogens is 4. The lowest BCUT2D eigenvalue weighted by Gasteiger charge is -2.10. The van der Waals surface area contributed by atoms with Crippen LogP contribution in [-0.4, -0.2) is 25.2 Å². The van der Waals surface area contributed by atoms with Gasteiger partial charge in [-0.3, -0.25) is 9.59 Å². The van der Waals surface area contributed by atoms with Crippen LogP contribution >= 0.6 is 11.6 Å². The summed E-state index contributed by atoms with van der Waals surface area (Å²) in [4.78, 5) is 29.1. The number of hydrogen-bond acceptors (Lipinski definition) is 4. The first kappa shape index (κ1) is 20.5. The third kappa shape index (κ3) is 4.54. The fourth-order valence-corrected chi connectivity index (χ4v) is 3.23. The van der Waals surface area contributed by atoms with Gasteiger partial charge in [-0.15, -0.1) is 5.10 Å². The van der Waals surface area contributed by atoms with Crippen LogP contribution in [0.1, 0.15) is 22.0 Å². The zero-order chi connectivity index (χ0) is 22.0. The predicted octanol–water partition coefficient (Wildman–Crippen LogP) is 3.83. The molecule has 1 amide bonds. The van der Waals surface area contributed by atoms with E-state index in [1.54, 1.807) is 25.1 Å². The summed E-state index contributed by atoms with van der Waals surface area (Å²) in [6.07, 6.45) is 1.54. The maximum absolute atomic E-state index is 13.2. The van der Waals surface area contributed by atoms with E-state index in [1.165, 1.54) is 39.7 Å². The number of benzene rings is 2. The van der Waals surface area contributed by atoms with Crippen LogP contribution in [0.3, 0.4) is 0 Å². The largest absolute Gasteiger partial charge is 0.318 e. The van der Waals surface area contributed by atoms with Gasteiger partial charge >= 0.3 is 0 Å². The minimum atomic E-state index is -0.535. The highest BCUT2D eigenvalue weighted by Gasteiger charge is 2.16. The molecule has 156 valence electrons. The first-order valence-corrected chi connectivity index (χ1v) is 9.73. The van der Waals surface area contributed by atoms with E-state index >= 15 is 0 Å². The van der Waals surface area contributed by atoms with Gasteiger partial charge in [0.15, 0.2) is 0 Å². The molecule has 2 aromatic carbocycles. The number of pyridine rings is 1. The quantitative estimate of drug-likeness (QED) is 0.514. The summed E-state index contributed by atoms with van der Waals surface area (Å²) < 4.78 is 16.1. The molecule has 0 aliphatic carbocycles. The second kappa shape index (κ2) is 8.53. The first-order valence-electron chi connectivity index (χ1n) is 9.35. The van der Waals surface area contributed by atoms with Gasteiger partial charge in [-0.1, -0.05) is 29.8 Å². The summed E-state index contributed by atoms with van der Waals surface area (Å²) in [5.41, 5.74) is 1.55. The lowest BCUT2D eigenvalue weighted by Crippen LogP contribution is -2.21. The number of halogens is 2. The van der Waals surface area contributed by atoms with Gasteiger partial charge in [-0.05, 0) is 48.9 Å². The Morgan fingerprint density at radius 2 is 1.84 bits per heavy atom. The molecule has 0 radical (unpaired) electrons. The van der Waals surface area contributed by atoms with Crippen LogP contribution < -0.4 is 10.9 Å². The fraction of sp³-hybridized carbons (Fsp3) is 0.0909. The van der Waals surface area contributed by atoms with Crippen molar-refractivity contribution >= 4 is 23.2 Å². The number of nitrogens with one attached hydrogen (secondary N) is 1. The van der Waals surface area contributed by atoms with E-state index in [0.717, 1.165) is 5.56 Å². The molecule has 0 spiro atoms. The van der Waals surface area contributed by atoms with Gasteiger partial charge in [0.05, 0.1) is 17.9 Å². The van der Waals surface area contributed by atoms with Gasteiger partial charge in [-0.2, -0.15) is 0 Å². The van der Waals surface area contributed by atoms with E-state index in [9.17, 15) is 14.0 Å². The Balaban J connectivity index is 1.55. The third-order valence-electron chi connectivity index (χ3n) is 4.58. The Kier molecular flexibility index (Phi) is 5.64. The molecule has 7 nitrogen and oxygen atoms in total. The molecule has 9 heteroatoms. The number of nitrogens with zero attached hydrogens (tertiary/aromatic N) is 4. The first-order chi connectivity index (χ1) is 14.9. The number of amides is 1. The molecule has 0 saturated carbocycles. The van der Waals surface area contributed by atoms with E-state index in [4.69, 9.17) is 11.6 Å². The normalized spacial score (nSPS) is 10.8. The van der Waals surface area contributed by atoms with Crippen LogP contribution in [0.5, 0.6) is 0 Å². The molecule has 0 unspecified atom stereocenters. The lowest BCUT2D eigenvalue weighted by atomic mass is 10.2. The van der Waals surface area contributed by atoms with E-state index in [2.05, 4.69) is 15.4 Å². The van der Waals surface area contributed by atoms with E-state index in [-0.39, 0.29) is 23.7 Å². The summed E-state index contributed by atoms with van der Waals surface area (Å²) in [6, 6.07) is 15.8. The highest BCUT2D eigenvalue weighted by Crippen LogP contribution is 2.17. The van der Waals surface area contributed by atoms with E-state index in [1.807, 2.05) is 18.2 Å². The van der Waals surface area contributed by atoms with Crippen molar-refractivity contribution in [1.29, 1.82) is 0 Å². The van der Waals surface area contributed by atoms with Gasteiger partial charge in [0.1, 0.15) is 11.6 Å². The van der Waals surface area contributed by atoms with Crippen LogP contribution in [0.4, 0.5) is 10.1 Å². The standard InChI is InChI=1S/C22H17ClFN5O2/c1-14-25-21(27-29(14)18-9-6-16(24)7-10-18)22(31)26-17-8-11-20(30)28(13-17)12-15-4-2-3-5-19(15)23/h2-11,13H,12H2,1H3,(H,26,31). The molecule has 4 aromatic rings. The Morgan fingerprint density at radius 1 is 1.10 bits per heavy atom. The number of carbonyl (C=O) groups excluding carboxylic acids is 1. The van der Waals surface area contributed by atoms with Crippen molar-refractivity contribution in [3.63, 3.8) is 0 Å². The summed E-state index contributed by atoms with van der Waals surface area (Å²) in [5.74, 6) is -0.482. The number of hydrogen-bond donors (Lipinski definition) is 1. The molecule has 2 aromatic heterocycles. The van der Waals surface area contributed by atoms with Gasteiger partial charge in [0.25, 0.3) is 11.5 Å². The SMILES string of the molecule is Cc1nc(C(=O)Nc2ccc(=O)n(Cc3ccccc3Cl)c2)nn1-c1ccc(F)cc1. The highest BCUT2D eigenvalue weighted by atomic mass is 35.5. The fourth-order valence-electron chi connectivity index (χ4n) is 3.04. The number of rotatable bonds is 5. The van der Waals surface area contributed by atoms with Crippen molar-refractivity contribution in [3.05, 3.63) is 105 Å². The van der Waals surface area contributed by atoms with Crippen molar-refractivity contribution in [2.45, 2.75) is 13.5 Å². The van der Waals surface area contributed by atoms with Gasteiger partial charge in [0.2, 0.25) is 5.82 Å². The highest BCUT2D eigenvalue weighted by molar-refractivity contribution is 6.31. The Morgan fingerprint density at radius 3 is 2.58 bits per heavy atom. The van der Waals surface area contributed by atoms with Crippen molar-refractivity contribution in [2.75, 3.05) is 5.32 Å². The van der Waals surface area contributed by atoms with Crippen molar-refractivity contribution < 1.29 is 9.18 Å². The predicted molar refractivity (Wildman–Crippen MR) is 115 cm³/mol. The zero-order valence-electron chi connectivity index (χ0n) is 16.4. The minimum absolute atomic E-state index is 0.0503. The second-order valence-corrected chi connectivity index (χ2v) is 7.21. The van der Waals surface area contributed by atoms with Crippen molar-refractivity contribution in [2.24, 2.45) is 0 Å². The Bertz CT molecular complexity index is 1310. The number of aryl methyl sites for hydroxylation is 1. The molecule has 4 rings (SSSR count). The second-order valence-electron chi connectivity index (χ2n) is 6.80. The smallest absolute Gasteiger partial charge is 0.295 e. The van der Waals surface area contributed by atoms with Gasteiger partial charge < -0.3 is 9.88 Å². The summed E-state index contributed by atoms with van der Waals surface area (Å²) in [7, 11) is 0. The zero-order valence-corrected chi connectivity index (χ0v) is 17.2. The number of anilines is 1. The van der Waals surface area contributed by atoms with E-state index < -0.39 is 5.91 Å². The van der Waals surface area contributed by atoms with Gasteiger partial charge in [-0.25, -0.2) is 14.1 Å². The topological polar surface area (TPSA) is 81.8 Å². The molecule has 0 bridgehead atoms. The molecule has 2 heterocycles. The molecule has 0 atom stereocenters. The van der Waals surface area contributed by atoms with Crippen LogP contribution in [0, 0.1) is 12.7 Å². The van der Waals surface area contributed by atoms with Crippen LogP contribution in [0.25, 0.3) is 5.69 Å². The maximum Gasteiger partial charge on any atom is 0.295 e. The molecule has 0 aliphatic heterocycles. The summed E-state index contributed by atoms with van der Waals surface area (Å²) >= 11 is 6.18. The average molecular weight is 438 g/mol. The van der Waals surface area contributed by atoms with Crippen LogP contribution in [-0.2, 0) is 6.54 Å². The van der Waals surface area contributed by atoms with Crippen LogP contribution in [0.15, 0.2) is 71.7 Å². The molecule has 0 aliphatic rings. The average Bonchev–Trinajstić information content (AvgIpc) is 3.14. The van der Waals surface area contributed by atoms with Crippen molar-refractivity contribution in [3.8, 4) is 5.69 Å². The Hall–Kier alpha value is -3.78. The third-order valence-corrected chi connectivity index (χ3v) is 4.95. The minimum Gasteiger partial charge on any atom is -0.318 e. The molecular weight excluding hydrogens is 421 g/mol. The number of carbonyl (C=O) groups is 1. The maximum atomic E-state index is 13.2. The molecule has 0 saturated heterocycles. The van der Waals surface area contributed by atoms with Crippen molar-refractivity contribution in [1.82, 2.24) is 19.3 Å². The molecule has 31 heavy (non-hydrogen) atoms. The molecular formula is C22H17ClFN5O2. The van der Waals surface area contributed by atoms with E-state index in [0.29, 0.717) is 22.2 Å². The molecule has 1 N–H and O–H groups in total. The summed E-state index contributed by atoms with van der Waals surface area (Å²) in [6.45, 7) is 1.95. The molecule has 0 fully saturated rings.